The number of hydrogen-bond donors (Lipinski definition) is 1. The fraction of sp³-hybridized carbons (Fsp3) is 0.600. The van der Waals surface area contributed by atoms with Crippen LogP contribution in [0, 0.1) is 5.82 Å². The molecule has 1 aliphatic heterocycles. The first-order valence-electron chi connectivity index (χ1n) is 6.72. The van der Waals surface area contributed by atoms with Crippen LogP contribution in [0.3, 0.4) is 0 Å². The van der Waals surface area contributed by atoms with Crippen molar-refractivity contribution >= 4 is 0 Å². The quantitative estimate of drug-likeness (QED) is 0.868. The second-order valence-electron chi connectivity index (χ2n) is 5.87. The van der Waals surface area contributed by atoms with E-state index in [-0.39, 0.29) is 17.4 Å². The Kier molecular flexibility index (Phi) is 4.03. The molecule has 1 N–H and O–H groups in total. The molecule has 100 valence electrons. The van der Waals surface area contributed by atoms with Gasteiger partial charge in [-0.1, -0.05) is 12.1 Å². The van der Waals surface area contributed by atoms with E-state index >= 15 is 0 Å². The molecular formula is C15H23FN2. The summed E-state index contributed by atoms with van der Waals surface area (Å²) in [6.45, 7) is 9.72. The molecule has 0 bridgehead atoms. The topological polar surface area (TPSA) is 15.3 Å². The molecule has 2 rings (SSSR count). The van der Waals surface area contributed by atoms with Crippen molar-refractivity contribution in [2.45, 2.75) is 38.8 Å². The van der Waals surface area contributed by atoms with E-state index in [0.29, 0.717) is 0 Å². The van der Waals surface area contributed by atoms with Crippen LogP contribution in [0.2, 0.25) is 0 Å². The van der Waals surface area contributed by atoms with Gasteiger partial charge in [-0.2, -0.15) is 0 Å². The highest BCUT2D eigenvalue weighted by Gasteiger charge is 2.27. The average Bonchev–Trinajstić information content (AvgIpc) is 2.49. The molecule has 0 aliphatic carbocycles. The molecular weight excluding hydrogens is 227 g/mol. The van der Waals surface area contributed by atoms with Crippen LogP contribution >= 0.6 is 0 Å². The molecule has 3 heteroatoms. The molecule has 1 atom stereocenters. The fourth-order valence-electron chi connectivity index (χ4n) is 2.66. The van der Waals surface area contributed by atoms with Gasteiger partial charge in [0.1, 0.15) is 5.82 Å². The zero-order chi connectivity index (χ0) is 13.2. The van der Waals surface area contributed by atoms with E-state index in [4.69, 9.17) is 0 Å². The van der Waals surface area contributed by atoms with Gasteiger partial charge in [0, 0.05) is 24.7 Å². The van der Waals surface area contributed by atoms with E-state index < -0.39 is 0 Å². The Morgan fingerprint density at radius 3 is 2.89 bits per heavy atom. The minimum Gasteiger partial charge on any atom is -0.310 e. The Balaban J connectivity index is 2.14. The maximum atomic E-state index is 13.3. The molecule has 1 aliphatic rings. The van der Waals surface area contributed by atoms with E-state index in [1.165, 1.54) is 6.07 Å². The Bertz CT molecular complexity index is 403. The Morgan fingerprint density at radius 1 is 1.39 bits per heavy atom. The van der Waals surface area contributed by atoms with Gasteiger partial charge in [-0.05, 0) is 51.4 Å². The Labute approximate surface area is 109 Å². The monoisotopic (exact) mass is 250 g/mol. The standard InChI is InChI=1S/C15H23FN2/c1-12(13-6-4-7-14(16)10-13)18-9-5-8-17-15(2,3)11-18/h4,6-7,10,12,17H,5,8-9,11H2,1-3H3. The van der Waals surface area contributed by atoms with E-state index in [1.807, 2.05) is 6.07 Å². The summed E-state index contributed by atoms with van der Waals surface area (Å²) in [5, 5.41) is 3.55. The minimum atomic E-state index is -0.147. The summed E-state index contributed by atoms with van der Waals surface area (Å²) in [6.07, 6.45) is 1.14. The van der Waals surface area contributed by atoms with E-state index in [9.17, 15) is 4.39 Å². The number of rotatable bonds is 2. The molecule has 1 saturated heterocycles. The van der Waals surface area contributed by atoms with E-state index in [0.717, 1.165) is 31.6 Å². The zero-order valence-corrected chi connectivity index (χ0v) is 11.5. The Hall–Kier alpha value is -0.930. The van der Waals surface area contributed by atoms with Crippen LogP contribution in [-0.4, -0.2) is 30.1 Å². The van der Waals surface area contributed by atoms with Crippen LogP contribution in [0.1, 0.15) is 38.8 Å². The van der Waals surface area contributed by atoms with Gasteiger partial charge in [-0.25, -0.2) is 4.39 Å². The van der Waals surface area contributed by atoms with Crippen molar-refractivity contribution in [2.75, 3.05) is 19.6 Å². The van der Waals surface area contributed by atoms with Gasteiger partial charge in [0.25, 0.3) is 0 Å². The third kappa shape index (κ3) is 3.30. The summed E-state index contributed by atoms with van der Waals surface area (Å²) < 4.78 is 13.3. The lowest BCUT2D eigenvalue weighted by molar-refractivity contribution is 0.180. The lowest BCUT2D eigenvalue weighted by Gasteiger charge is -2.34. The second-order valence-corrected chi connectivity index (χ2v) is 5.87. The van der Waals surface area contributed by atoms with Crippen molar-refractivity contribution in [2.24, 2.45) is 0 Å². The highest BCUT2D eigenvalue weighted by Crippen LogP contribution is 2.24. The van der Waals surface area contributed by atoms with Crippen LogP contribution in [0.4, 0.5) is 4.39 Å². The maximum absolute atomic E-state index is 13.3. The lowest BCUT2D eigenvalue weighted by Crippen LogP contribution is -2.46. The molecule has 18 heavy (non-hydrogen) atoms. The Morgan fingerprint density at radius 2 is 2.17 bits per heavy atom. The van der Waals surface area contributed by atoms with Gasteiger partial charge in [0.15, 0.2) is 0 Å². The molecule has 0 spiro atoms. The summed E-state index contributed by atoms with van der Waals surface area (Å²) in [5.41, 5.74) is 1.19. The number of nitrogens with one attached hydrogen (secondary N) is 1. The number of hydrogen-bond acceptors (Lipinski definition) is 2. The molecule has 2 nitrogen and oxygen atoms in total. The molecule has 1 fully saturated rings. The van der Waals surface area contributed by atoms with Crippen LogP contribution in [-0.2, 0) is 0 Å². The summed E-state index contributed by atoms with van der Waals surface area (Å²) in [4.78, 5) is 2.44. The minimum absolute atomic E-state index is 0.123. The van der Waals surface area contributed by atoms with Crippen LogP contribution in [0.15, 0.2) is 24.3 Å². The van der Waals surface area contributed by atoms with Gasteiger partial charge in [-0.3, -0.25) is 4.90 Å². The van der Waals surface area contributed by atoms with Crippen molar-refractivity contribution in [3.05, 3.63) is 35.6 Å². The molecule has 1 heterocycles. The van der Waals surface area contributed by atoms with Crippen LogP contribution < -0.4 is 5.32 Å². The first kappa shape index (κ1) is 13.5. The summed E-state index contributed by atoms with van der Waals surface area (Å²) >= 11 is 0. The highest BCUT2D eigenvalue weighted by molar-refractivity contribution is 5.20. The predicted octanol–water partition coefficient (Wildman–Crippen LogP) is 2.96. The fourth-order valence-corrected chi connectivity index (χ4v) is 2.66. The van der Waals surface area contributed by atoms with Gasteiger partial charge in [0.05, 0.1) is 0 Å². The lowest BCUT2D eigenvalue weighted by atomic mass is 10.0. The van der Waals surface area contributed by atoms with Crippen molar-refractivity contribution < 1.29 is 4.39 Å². The first-order chi connectivity index (χ1) is 8.48. The third-order valence-corrected chi connectivity index (χ3v) is 3.70. The molecule has 1 aromatic rings. The predicted molar refractivity (Wildman–Crippen MR) is 73.1 cm³/mol. The van der Waals surface area contributed by atoms with Crippen LogP contribution in [0.25, 0.3) is 0 Å². The number of halogens is 1. The van der Waals surface area contributed by atoms with Crippen molar-refractivity contribution in [1.82, 2.24) is 10.2 Å². The molecule has 0 saturated carbocycles. The number of benzene rings is 1. The number of nitrogens with zero attached hydrogens (tertiary/aromatic N) is 1. The van der Waals surface area contributed by atoms with Gasteiger partial charge in [0.2, 0.25) is 0 Å². The maximum Gasteiger partial charge on any atom is 0.123 e. The van der Waals surface area contributed by atoms with Crippen molar-refractivity contribution in [3.63, 3.8) is 0 Å². The molecule has 0 aromatic heterocycles. The van der Waals surface area contributed by atoms with Crippen molar-refractivity contribution in [3.8, 4) is 0 Å². The smallest absolute Gasteiger partial charge is 0.123 e. The summed E-state index contributed by atoms with van der Waals surface area (Å²) in [5.74, 6) is -0.147. The third-order valence-electron chi connectivity index (χ3n) is 3.70. The summed E-state index contributed by atoms with van der Waals surface area (Å²) in [6, 6.07) is 7.22. The average molecular weight is 250 g/mol. The van der Waals surface area contributed by atoms with Crippen molar-refractivity contribution in [1.29, 1.82) is 0 Å². The SMILES string of the molecule is CC(c1cccc(F)c1)N1CCCNC(C)(C)C1. The van der Waals surface area contributed by atoms with E-state index in [2.05, 4.69) is 31.0 Å². The van der Waals surface area contributed by atoms with Gasteiger partial charge in [-0.15, -0.1) is 0 Å². The highest BCUT2D eigenvalue weighted by atomic mass is 19.1. The van der Waals surface area contributed by atoms with Crippen LogP contribution in [0.5, 0.6) is 0 Å². The largest absolute Gasteiger partial charge is 0.310 e. The first-order valence-corrected chi connectivity index (χ1v) is 6.72. The molecule has 1 aromatic carbocycles. The molecule has 1 unspecified atom stereocenters. The summed E-state index contributed by atoms with van der Waals surface area (Å²) in [7, 11) is 0. The zero-order valence-electron chi connectivity index (χ0n) is 11.5. The molecule has 0 amide bonds. The second kappa shape index (κ2) is 5.37. The molecule has 0 radical (unpaired) electrons. The van der Waals surface area contributed by atoms with Gasteiger partial charge >= 0.3 is 0 Å². The van der Waals surface area contributed by atoms with E-state index in [1.54, 1.807) is 12.1 Å². The van der Waals surface area contributed by atoms with Gasteiger partial charge < -0.3 is 5.32 Å². The normalized spacial score (nSPS) is 22.4.